The second kappa shape index (κ2) is 7.89. The normalized spacial score (nSPS) is 12.0. The van der Waals surface area contributed by atoms with Crippen LogP contribution in [0.2, 0.25) is 10.0 Å². The maximum absolute atomic E-state index is 14.0. The first-order valence-corrected chi connectivity index (χ1v) is 8.66. The van der Waals surface area contributed by atoms with Gasteiger partial charge < -0.3 is 9.88 Å². The van der Waals surface area contributed by atoms with Gasteiger partial charge in [-0.1, -0.05) is 41.4 Å². The molecule has 4 nitrogen and oxygen atoms in total. The van der Waals surface area contributed by atoms with Crippen molar-refractivity contribution in [1.82, 2.24) is 14.9 Å². The van der Waals surface area contributed by atoms with Crippen LogP contribution in [0.3, 0.4) is 0 Å². The molecule has 1 atom stereocenters. The minimum absolute atomic E-state index is 0.167. The molecule has 0 fully saturated rings. The molecule has 0 spiro atoms. The maximum Gasteiger partial charge on any atom is 0.225 e. The van der Waals surface area contributed by atoms with Crippen LogP contribution in [0, 0.1) is 5.82 Å². The number of hydrogen-bond acceptors (Lipinski definition) is 2. The van der Waals surface area contributed by atoms with Gasteiger partial charge in [0.25, 0.3) is 0 Å². The van der Waals surface area contributed by atoms with Gasteiger partial charge in [0.2, 0.25) is 5.91 Å². The van der Waals surface area contributed by atoms with Gasteiger partial charge in [0.15, 0.2) is 0 Å². The van der Waals surface area contributed by atoms with E-state index in [1.54, 1.807) is 30.6 Å². The molecule has 1 unspecified atom stereocenters. The van der Waals surface area contributed by atoms with Gasteiger partial charge in [-0.3, -0.25) is 4.79 Å². The summed E-state index contributed by atoms with van der Waals surface area (Å²) in [5.74, 6) is -0.215. The van der Waals surface area contributed by atoms with Crippen LogP contribution in [0.5, 0.6) is 0 Å². The zero-order chi connectivity index (χ0) is 18.7. The van der Waals surface area contributed by atoms with Crippen molar-refractivity contribution in [3.05, 3.63) is 87.7 Å². The predicted molar refractivity (Wildman–Crippen MR) is 99.8 cm³/mol. The van der Waals surface area contributed by atoms with E-state index in [0.29, 0.717) is 10.8 Å². The Morgan fingerprint density at radius 2 is 1.96 bits per heavy atom. The zero-order valence-electron chi connectivity index (χ0n) is 13.9. The molecule has 2 aromatic carbocycles. The molecule has 0 saturated carbocycles. The molecule has 1 heterocycles. The highest BCUT2D eigenvalue weighted by Crippen LogP contribution is 2.24. The lowest BCUT2D eigenvalue weighted by Crippen LogP contribution is -2.32. The van der Waals surface area contributed by atoms with Gasteiger partial charge in [0.05, 0.1) is 6.42 Å². The summed E-state index contributed by atoms with van der Waals surface area (Å²) in [6.45, 7) is 0. The number of carbonyl (C=O) groups is 1. The van der Waals surface area contributed by atoms with Crippen molar-refractivity contribution in [1.29, 1.82) is 0 Å². The van der Waals surface area contributed by atoms with E-state index in [1.165, 1.54) is 12.1 Å². The molecule has 1 N–H and O–H groups in total. The van der Waals surface area contributed by atoms with Crippen LogP contribution in [0.1, 0.15) is 23.0 Å². The Kier molecular flexibility index (Phi) is 5.59. The van der Waals surface area contributed by atoms with Crippen LogP contribution in [0.4, 0.5) is 4.39 Å². The topological polar surface area (TPSA) is 46.9 Å². The summed E-state index contributed by atoms with van der Waals surface area (Å²) in [7, 11) is 1.84. The fraction of sp³-hybridized carbons (Fsp3) is 0.158. The van der Waals surface area contributed by atoms with Crippen LogP contribution in [-0.4, -0.2) is 15.5 Å². The summed E-state index contributed by atoms with van der Waals surface area (Å²) in [5, 5.41) is 3.72. The number of aromatic nitrogens is 2. The lowest BCUT2D eigenvalue weighted by atomic mass is 10.0. The van der Waals surface area contributed by atoms with E-state index in [0.717, 1.165) is 5.56 Å². The molecule has 3 rings (SSSR count). The van der Waals surface area contributed by atoms with E-state index >= 15 is 0 Å². The molecule has 0 saturated heterocycles. The second-order valence-corrected chi connectivity index (χ2v) is 6.67. The van der Waals surface area contributed by atoms with Gasteiger partial charge in [-0.2, -0.15) is 0 Å². The van der Waals surface area contributed by atoms with E-state index in [2.05, 4.69) is 10.3 Å². The van der Waals surface area contributed by atoms with Crippen molar-refractivity contribution in [3.63, 3.8) is 0 Å². The number of benzene rings is 2. The van der Waals surface area contributed by atoms with Crippen molar-refractivity contribution in [2.45, 2.75) is 12.5 Å². The number of nitrogens with zero attached hydrogens (tertiary/aromatic N) is 2. The van der Waals surface area contributed by atoms with Gasteiger partial charge >= 0.3 is 0 Å². The standard InChI is InChI=1S/C19H16Cl2FN3O/c1-25-10-9-23-19(25)18(12-5-7-13(20)8-6-12)24-17(26)11-14-15(21)3-2-4-16(14)22/h2-10,18H,11H2,1H3,(H,24,26). The summed E-state index contributed by atoms with van der Waals surface area (Å²) < 4.78 is 15.8. The Hall–Kier alpha value is -2.37. The number of imidazole rings is 1. The average Bonchev–Trinajstić information content (AvgIpc) is 3.03. The smallest absolute Gasteiger partial charge is 0.225 e. The van der Waals surface area contributed by atoms with E-state index in [4.69, 9.17) is 23.2 Å². The van der Waals surface area contributed by atoms with Crippen molar-refractivity contribution < 1.29 is 9.18 Å². The molecule has 0 bridgehead atoms. The molecule has 134 valence electrons. The lowest BCUT2D eigenvalue weighted by molar-refractivity contribution is -0.121. The highest BCUT2D eigenvalue weighted by atomic mass is 35.5. The number of nitrogens with one attached hydrogen (secondary N) is 1. The third-order valence-electron chi connectivity index (χ3n) is 4.02. The largest absolute Gasteiger partial charge is 0.342 e. The molecular formula is C19H16Cl2FN3O. The van der Waals surface area contributed by atoms with Crippen molar-refractivity contribution in [3.8, 4) is 0 Å². The molecule has 7 heteroatoms. The van der Waals surface area contributed by atoms with Crippen LogP contribution in [0.15, 0.2) is 54.9 Å². The zero-order valence-corrected chi connectivity index (χ0v) is 15.4. The number of aryl methyl sites for hydroxylation is 1. The van der Waals surface area contributed by atoms with Crippen LogP contribution >= 0.6 is 23.2 Å². The number of rotatable bonds is 5. The van der Waals surface area contributed by atoms with Gasteiger partial charge in [-0.05, 0) is 29.8 Å². The first kappa shape index (κ1) is 18.4. The molecule has 0 aliphatic rings. The number of hydrogen-bond donors (Lipinski definition) is 1. The van der Waals surface area contributed by atoms with Crippen LogP contribution < -0.4 is 5.32 Å². The molecule has 3 aromatic rings. The van der Waals surface area contributed by atoms with E-state index in [9.17, 15) is 9.18 Å². The molecule has 1 amide bonds. The van der Waals surface area contributed by atoms with Crippen molar-refractivity contribution in [2.75, 3.05) is 0 Å². The van der Waals surface area contributed by atoms with Crippen LogP contribution in [0.25, 0.3) is 0 Å². The first-order chi connectivity index (χ1) is 12.5. The van der Waals surface area contributed by atoms with Crippen molar-refractivity contribution >= 4 is 29.1 Å². The predicted octanol–water partition coefficient (Wildman–Crippen LogP) is 4.31. The maximum atomic E-state index is 14.0. The molecule has 0 aliphatic carbocycles. The molecule has 0 radical (unpaired) electrons. The van der Waals surface area contributed by atoms with Crippen LogP contribution in [-0.2, 0) is 18.3 Å². The van der Waals surface area contributed by atoms with Crippen molar-refractivity contribution in [2.24, 2.45) is 7.05 Å². The Morgan fingerprint density at radius 1 is 1.23 bits per heavy atom. The minimum Gasteiger partial charge on any atom is -0.342 e. The highest BCUT2D eigenvalue weighted by molar-refractivity contribution is 6.31. The average molecular weight is 392 g/mol. The monoisotopic (exact) mass is 391 g/mol. The third kappa shape index (κ3) is 4.06. The Balaban J connectivity index is 1.87. The van der Waals surface area contributed by atoms with E-state index in [-0.39, 0.29) is 22.9 Å². The number of halogens is 3. The van der Waals surface area contributed by atoms with Gasteiger partial charge in [-0.25, -0.2) is 9.37 Å². The summed E-state index contributed by atoms with van der Waals surface area (Å²) in [5.41, 5.74) is 0.984. The molecule has 1 aromatic heterocycles. The van der Waals surface area contributed by atoms with Gasteiger partial charge in [0, 0.05) is 35.1 Å². The van der Waals surface area contributed by atoms with E-state index < -0.39 is 11.9 Å². The SMILES string of the molecule is Cn1ccnc1C(NC(=O)Cc1c(F)cccc1Cl)c1ccc(Cl)cc1. The fourth-order valence-corrected chi connectivity index (χ4v) is 3.04. The highest BCUT2D eigenvalue weighted by Gasteiger charge is 2.22. The summed E-state index contributed by atoms with van der Waals surface area (Å²) >= 11 is 12.0. The Bertz CT molecular complexity index is 905. The Morgan fingerprint density at radius 3 is 2.58 bits per heavy atom. The number of carbonyl (C=O) groups excluding carboxylic acids is 1. The van der Waals surface area contributed by atoms with Gasteiger partial charge in [0.1, 0.15) is 17.7 Å². The van der Waals surface area contributed by atoms with E-state index in [1.807, 2.05) is 23.7 Å². The first-order valence-electron chi connectivity index (χ1n) is 7.90. The fourth-order valence-electron chi connectivity index (χ4n) is 2.68. The summed E-state index contributed by atoms with van der Waals surface area (Å²) in [6.07, 6.45) is 3.27. The van der Waals surface area contributed by atoms with Gasteiger partial charge in [-0.15, -0.1) is 0 Å². The number of amides is 1. The second-order valence-electron chi connectivity index (χ2n) is 5.83. The molecular weight excluding hydrogens is 376 g/mol. The third-order valence-corrected chi connectivity index (χ3v) is 4.63. The minimum atomic E-state index is -0.507. The quantitative estimate of drug-likeness (QED) is 0.703. The molecule has 26 heavy (non-hydrogen) atoms. The lowest BCUT2D eigenvalue weighted by Gasteiger charge is -2.19. The summed E-state index contributed by atoms with van der Waals surface area (Å²) in [6, 6.07) is 11.0. The Labute approximate surface area is 160 Å². The summed E-state index contributed by atoms with van der Waals surface area (Å²) in [4.78, 5) is 16.9. The molecule has 0 aliphatic heterocycles.